The summed E-state index contributed by atoms with van der Waals surface area (Å²) >= 11 is 0. The first-order chi connectivity index (χ1) is 40.6. The number of fused-ring (bicyclic) bond motifs is 6. The van der Waals surface area contributed by atoms with Crippen molar-refractivity contribution in [2.75, 3.05) is 0 Å². The first kappa shape index (κ1) is 46.1. The van der Waals surface area contributed by atoms with Crippen LogP contribution in [0.5, 0.6) is 0 Å². The fourth-order valence-corrected chi connectivity index (χ4v) is 13.0. The van der Waals surface area contributed by atoms with Crippen molar-refractivity contribution in [3.8, 4) is 90.1 Å². The van der Waals surface area contributed by atoms with E-state index in [4.69, 9.17) is 28.8 Å². The summed E-state index contributed by atoms with van der Waals surface area (Å²) in [5, 5.41) is 4.47. The zero-order chi connectivity index (χ0) is 53.8. The first-order valence-electron chi connectivity index (χ1n) is 27.9. The molecule has 15 aromatic rings. The minimum absolute atomic E-state index is 0.0109. The second-order valence-electron chi connectivity index (χ2n) is 21.6. The molecule has 0 spiro atoms. The zero-order valence-electron chi connectivity index (χ0n) is 44.2. The van der Waals surface area contributed by atoms with E-state index in [1.54, 1.807) is 0 Å². The van der Waals surface area contributed by atoms with Gasteiger partial charge < -0.3 is 8.83 Å². The van der Waals surface area contributed by atoms with E-state index < -0.39 is 0 Å². The molecule has 82 heavy (non-hydrogen) atoms. The van der Waals surface area contributed by atoms with Crippen molar-refractivity contribution >= 4 is 43.9 Å². The molecule has 6 nitrogen and oxygen atoms in total. The minimum atomic E-state index is 0.0109. The van der Waals surface area contributed by atoms with Crippen LogP contribution in [-0.2, 0) is 0 Å². The van der Waals surface area contributed by atoms with E-state index in [2.05, 4.69) is 231 Å². The minimum Gasteiger partial charge on any atom is -0.455 e. The Morgan fingerprint density at radius 3 is 0.988 bits per heavy atom. The summed E-state index contributed by atoms with van der Waals surface area (Å²) in [6.45, 7) is 0. The monoisotopic (exact) mass is 1050 g/mol. The molecule has 0 saturated heterocycles. The van der Waals surface area contributed by atoms with Crippen LogP contribution in [0.2, 0.25) is 0 Å². The lowest BCUT2D eigenvalue weighted by molar-refractivity contribution is 0.669. The summed E-state index contributed by atoms with van der Waals surface area (Å²) in [6, 6.07) is 94.4. The van der Waals surface area contributed by atoms with Gasteiger partial charge in [0.15, 0.2) is 11.6 Å². The third-order valence-corrected chi connectivity index (χ3v) is 16.9. The quantitative estimate of drug-likeness (QED) is 0.151. The zero-order valence-corrected chi connectivity index (χ0v) is 44.2. The van der Waals surface area contributed by atoms with Gasteiger partial charge >= 0.3 is 0 Å². The molecule has 11 aromatic carbocycles. The SMILES string of the molecule is c1ccc(-c2cc(-c3ccc(-c4cccc5c4oc4ccccc45)cc3)nc(-c3ccc4c(c3)C3c5ccccc5C4c4cc(-c5nc(-c6ccccc6)cc(-c6ccc(-c7cccc8c7oc7ccccc78)cc6)n5)ccc43)n2)cc1. The molecule has 0 amide bonds. The van der Waals surface area contributed by atoms with Crippen LogP contribution in [-0.4, -0.2) is 19.9 Å². The van der Waals surface area contributed by atoms with E-state index in [1.807, 2.05) is 36.4 Å². The fourth-order valence-electron chi connectivity index (χ4n) is 13.0. The van der Waals surface area contributed by atoms with E-state index in [9.17, 15) is 0 Å². The molecule has 382 valence electrons. The Labute approximate surface area is 472 Å². The van der Waals surface area contributed by atoms with Crippen LogP contribution in [0.1, 0.15) is 45.2 Å². The number of aromatic nitrogens is 4. The van der Waals surface area contributed by atoms with Crippen LogP contribution in [0.25, 0.3) is 134 Å². The van der Waals surface area contributed by atoms with E-state index in [-0.39, 0.29) is 11.8 Å². The molecule has 2 bridgehead atoms. The van der Waals surface area contributed by atoms with Crippen LogP contribution < -0.4 is 0 Å². The average Bonchev–Trinajstić information content (AvgIpc) is 1.41. The maximum Gasteiger partial charge on any atom is 0.160 e. The van der Waals surface area contributed by atoms with Gasteiger partial charge in [0, 0.05) is 77.9 Å². The standard InChI is InChI=1S/C76H46N4O2/c1-3-15-47(16-4-1)65-43-67(49-33-29-45(30-34-49)53-23-13-25-61-55-19-9-11-27-69(55)81-73(53)61)79-75(77-65)51-37-39-59-63(41-51)71-57-21-7-8-22-58(57)72(59)64-42-52(38-40-60(64)71)76-78-66(48-17-5-2-6-18-48)44-68(80-76)50-35-31-46(32-36-50)54-24-14-26-62-56-20-10-12-28-70(56)82-74(54)62/h1-44,71-72H. The first-order valence-corrected chi connectivity index (χ1v) is 27.9. The van der Waals surface area contributed by atoms with Gasteiger partial charge in [-0.1, -0.05) is 231 Å². The molecule has 0 N–H and O–H groups in total. The molecule has 0 saturated carbocycles. The number of furan rings is 2. The van der Waals surface area contributed by atoms with Crippen LogP contribution >= 0.6 is 0 Å². The maximum atomic E-state index is 6.44. The Balaban J connectivity index is 0.740. The number of nitrogens with zero attached hydrogens (tertiary/aromatic N) is 4. The third kappa shape index (κ3) is 7.42. The van der Waals surface area contributed by atoms with Crippen molar-refractivity contribution < 1.29 is 8.83 Å². The Kier molecular flexibility index (Phi) is 10.3. The summed E-state index contributed by atoms with van der Waals surface area (Å²) in [7, 11) is 0. The van der Waals surface area contributed by atoms with Gasteiger partial charge in [-0.25, -0.2) is 19.9 Å². The van der Waals surface area contributed by atoms with Gasteiger partial charge in [0.25, 0.3) is 0 Å². The highest BCUT2D eigenvalue weighted by Crippen LogP contribution is 2.57. The Hall–Kier alpha value is -10.8. The van der Waals surface area contributed by atoms with Crippen LogP contribution in [0.4, 0.5) is 0 Å². The van der Waals surface area contributed by atoms with Crippen LogP contribution in [0.3, 0.4) is 0 Å². The smallest absolute Gasteiger partial charge is 0.160 e. The molecule has 4 heterocycles. The van der Waals surface area contributed by atoms with Crippen molar-refractivity contribution in [2.45, 2.75) is 11.8 Å². The summed E-state index contributed by atoms with van der Waals surface area (Å²) in [5.74, 6) is 1.39. The Bertz CT molecular complexity index is 4720. The Morgan fingerprint density at radius 1 is 0.232 bits per heavy atom. The maximum absolute atomic E-state index is 6.44. The van der Waals surface area contributed by atoms with Gasteiger partial charge in [0.1, 0.15) is 22.3 Å². The molecule has 0 aliphatic heterocycles. The molecule has 6 heteroatoms. The van der Waals surface area contributed by atoms with Crippen molar-refractivity contribution in [1.82, 2.24) is 19.9 Å². The Morgan fingerprint density at radius 2 is 0.561 bits per heavy atom. The molecule has 3 aliphatic rings. The van der Waals surface area contributed by atoms with Gasteiger partial charge in [-0.15, -0.1) is 0 Å². The van der Waals surface area contributed by atoms with Crippen molar-refractivity contribution in [1.29, 1.82) is 0 Å². The van der Waals surface area contributed by atoms with Gasteiger partial charge in [-0.05, 0) is 80.9 Å². The number of benzene rings is 11. The lowest BCUT2D eigenvalue weighted by Gasteiger charge is -2.42. The number of para-hydroxylation sites is 4. The number of hydrogen-bond donors (Lipinski definition) is 0. The van der Waals surface area contributed by atoms with Crippen molar-refractivity contribution in [3.63, 3.8) is 0 Å². The van der Waals surface area contributed by atoms with E-state index in [0.29, 0.717) is 11.6 Å². The van der Waals surface area contributed by atoms with Gasteiger partial charge in [0.05, 0.1) is 22.8 Å². The summed E-state index contributed by atoms with van der Waals surface area (Å²) in [5.41, 5.74) is 25.2. The molecular weight excluding hydrogens is 1000 g/mol. The molecule has 2 unspecified atom stereocenters. The predicted octanol–water partition coefficient (Wildman–Crippen LogP) is 19.4. The fraction of sp³-hybridized carbons (Fsp3) is 0.0263. The number of hydrogen-bond acceptors (Lipinski definition) is 6. The molecular formula is C76H46N4O2. The van der Waals surface area contributed by atoms with Crippen LogP contribution in [0, 0.1) is 0 Å². The van der Waals surface area contributed by atoms with E-state index in [1.165, 1.54) is 33.4 Å². The molecule has 3 aliphatic carbocycles. The largest absolute Gasteiger partial charge is 0.455 e. The lowest BCUT2D eigenvalue weighted by Crippen LogP contribution is -2.27. The van der Waals surface area contributed by atoms with Gasteiger partial charge in [-0.3, -0.25) is 0 Å². The molecule has 0 radical (unpaired) electrons. The van der Waals surface area contributed by atoms with Crippen molar-refractivity contribution in [2.24, 2.45) is 0 Å². The van der Waals surface area contributed by atoms with Gasteiger partial charge in [0.2, 0.25) is 0 Å². The highest BCUT2D eigenvalue weighted by atomic mass is 16.3. The topological polar surface area (TPSA) is 77.8 Å². The molecule has 18 rings (SSSR count). The van der Waals surface area contributed by atoms with E-state index >= 15 is 0 Å². The summed E-state index contributed by atoms with van der Waals surface area (Å²) in [6.07, 6.45) is 0. The summed E-state index contributed by atoms with van der Waals surface area (Å²) in [4.78, 5) is 21.4. The average molecular weight is 1050 g/mol. The molecule has 4 aromatic heterocycles. The van der Waals surface area contributed by atoms with E-state index in [0.717, 1.165) is 122 Å². The third-order valence-electron chi connectivity index (χ3n) is 16.9. The predicted molar refractivity (Wildman–Crippen MR) is 330 cm³/mol. The summed E-state index contributed by atoms with van der Waals surface area (Å²) < 4.78 is 12.9. The van der Waals surface area contributed by atoms with Gasteiger partial charge in [-0.2, -0.15) is 0 Å². The number of rotatable bonds is 8. The lowest BCUT2D eigenvalue weighted by atomic mass is 9.61. The second kappa shape index (κ2) is 18.4. The highest BCUT2D eigenvalue weighted by molar-refractivity contribution is 6.10. The van der Waals surface area contributed by atoms with Crippen LogP contribution in [0.15, 0.2) is 276 Å². The molecule has 2 atom stereocenters. The second-order valence-corrected chi connectivity index (χ2v) is 21.6. The highest BCUT2D eigenvalue weighted by Gasteiger charge is 2.41. The van der Waals surface area contributed by atoms with Crippen molar-refractivity contribution in [3.05, 3.63) is 300 Å². The molecule has 0 fully saturated rings. The normalized spacial score (nSPS) is 14.1.